The molecule has 5 heteroatoms. The van der Waals surface area contributed by atoms with Gasteiger partial charge in [-0.05, 0) is 38.7 Å². The van der Waals surface area contributed by atoms with Crippen LogP contribution in [0.2, 0.25) is 0 Å². The Labute approximate surface area is 113 Å². The number of nitrogens with one attached hydrogen (secondary N) is 1. The van der Waals surface area contributed by atoms with Crippen LogP contribution in [-0.4, -0.2) is 27.1 Å². The van der Waals surface area contributed by atoms with E-state index in [-0.39, 0.29) is 5.92 Å². The Balaban J connectivity index is 2.13. The van der Waals surface area contributed by atoms with Crippen LogP contribution >= 0.6 is 0 Å². The molecule has 0 bridgehead atoms. The smallest absolute Gasteiger partial charge is 0.326 e. The maximum atomic E-state index is 11.5. The number of carbonyl (C=O) groups is 1. The van der Waals surface area contributed by atoms with Gasteiger partial charge in [-0.25, -0.2) is 14.8 Å². The number of aryl methyl sites for hydroxylation is 2. The number of anilines is 1. The Hall–Kier alpha value is -1.65. The Morgan fingerprint density at radius 3 is 2.37 bits per heavy atom. The second-order valence-electron chi connectivity index (χ2n) is 5.33. The van der Waals surface area contributed by atoms with Crippen LogP contribution < -0.4 is 5.32 Å². The van der Waals surface area contributed by atoms with E-state index < -0.39 is 12.0 Å². The van der Waals surface area contributed by atoms with Gasteiger partial charge in [-0.1, -0.05) is 19.3 Å². The first-order chi connectivity index (χ1) is 9.06. The summed E-state index contributed by atoms with van der Waals surface area (Å²) in [6, 6.07) is 1.29. The molecule has 0 aliphatic heterocycles. The van der Waals surface area contributed by atoms with E-state index in [4.69, 9.17) is 0 Å². The van der Waals surface area contributed by atoms with E-state index in [1.54, 1.807) is 0 Å². The van der Waals surface area contributed by atoms with Crippen molar-refractivity contribution in [1.82, 2.24) is 9.97 Å². The number of aromatic nitrogens is 2. The summed E-state index contributed by atoms with van der Waals surface area (Å²) in [6.45, 7) is 3.77. The largest absolute Gasteiger partial charge is 0.480 e. The van der Waals surface area contributed by atoms with Crippen molar-refractivity contribution in [2.75, 3.05) is 5.32 Å². The predicted molar refractivity (Wildman–Crippen MR) is 73.1 cm³/mol. The molecule has 2 rings (SSSR count). The van der Waals surface area contributed by atoms with Crippen LogP contribution in [0.4, 0.5) is 5.95 Å². The van der Waals surface area contributed by atoms with E-state index in [0.717, 1.165) is 37.1 Å². The third-order valence-corrected chi connectivity index (χ3v) is 3.65. The molecule has 1 heterocycles. The molecule has 1 fully saturated rings. The van der Waals surface area contributed by atoms with Crippen LogP contribution in [0.1, 0.15) is 43.5 Å². The minimum atomic E-state index is -0.811. The summed E-state index contributed by atoms with van der Waals surface area (Å²) in [5, 5.41) is 12.4. The van der Waals surface area contributed by atoms with Gasteiger partial charge in [0.25, 0.3) is 0 Å². The molecule has 1 aromatic heterocycles. The molecule has 104 valence electrons. The number of hydrogen-bond donors (Lipinski definition) is 2. The Bertz CT molecular complexity index is 436. The third-order valence-electron chi connectivity index (χ3n) is 3.65. The van der Waals surface area contributed by atoms with Gasteiger partial charge >= 0.3 is 5.97 Å². The first-order valence-electron chi connectivity index (χ1n) is 6.88. The highest BCUT2D eigenvalue weighted by atomic mass is 16.4. The van der Waals surface area contributed by atoms with Gasteiger partial charge in [0.1, 0.15) is 6.04 Å². The number of aliphatic carboxylic acids is 1. The van der Waals surface area contributed by atoms with Crippen LogP contribution in [0.15, 0.2) is 6.07 Å². The molecular formula is C14H21N3O2. The van der Waals surface area contributed by atoms with Crippen molar-refractivity contribution in [3.63, 3.8) is 0 Å². The van der Waals surface area contributed by atoms with Crippen LogP contribution in [-0.2, 0) is 4.79 Å². The Kier molecular flexibility index (Phi) is 4.35. The van der Waals surface area contributed by atoms with Gasteiger partial charge in [-0.15, -0.1) is 0 Å². The number of carboxylic acids is 1. The van der Waals surface area contributed by atoms with Gasteiger partial charge in [0.05, 0.1) is 0 Å². The van der Waals surface area contributed by atoms with Gasteiger partial charge < -0.3 is 10.4 Å². The fraction of sp³-hybridized carbons (Fsp3) is 0.643. The maximum Gasteiger partial charge on any atom is 0.326 e. The third kappa shape index (κ3) is 3.66. The standard InChI is InChI=1S/C14H21N3O2/c1-9-8-10(2)16-14(15-9)17-12(13(18)19)11-6-4-3-5-7-11/h8,11-12H,3-7H2,1-2H3,(H,18,19)(H,15,16,17). The van der Waals surface area contributed by atoms with E-state index in [1.165, 1.54) is 6.42 Å². The normalized spacial score (nSPS) is 18.0. The van der Waals surface area contributed by atoms with Crippen molar-refractivity contribution >= 4 is 11.9 Å². The molecule has 2 N–H and O–H groups in total. The fourth-order valence-electron chi connectivity index (χ4n) is 2.78. The number of carboxylic acid groups (broad SMARTS) is 1. The summed E-state index contributed by atoms with van der Waals surface area (Å²) in [5.74, 6) is -0.208. The summed E-state index contributed by atoms with van der Waals surface area (Å²) in [5.41, 5.74) is 1.70. The molecule has 1 aliphatic carbocycles. The Morgan fingerprint density at radius 2 is 1.84 bits per heavy atom. The molecule has 1 unspecified atom stereocenters. The van der Waals surface area contributed by atoms with Crippen molar-refractivity contribution in [3.8, 4) is 0 Å². The van der Waals surface area contributed by atoms with E-state index in [0.29, 0.717) is 5.95 Å². The fourth-order valence-corrected chi connectivity index (χ4v) is 2.78. The maximum absolute atomic E-state index is 11.5. The lowest BCUT2D eigenvalue weighted by atomic mass is 9.84. The van der Waals surface area contributed by atoms with Crippen LogP contribution in [0.25, 0.3) is 0 Å². The summed E-state index contributed by atoms with van der Waals surface area (Å²) in [4.78, 5) is 20.0. The highest BCUT2D eigenvalue weighted by Crippen LogP contribution is 2.28. The number of hydrogen-bond acceptors (Lipinski definition) is 4. The highest BCUT2D eigenvalue weighted by Gasteiger charge is 2.29. The molecule has 0 spiro atoms. The average molecular weight is 263 g/mol. The zero-order chi connectivity index (χ0) is 13.8. The SMILES string of the molecule is Cc1cc(C)nc(NC(C(=O)O)C2CCCCC2)n1. The van der Waals surface area contributed by atoms with E-state index in [2.05, 4.69) is 15.3 Å². The van der Waals surface area contributed by atoms with Gasteiger partial charge in [0.2, 0.25) is 5.95 Å². The molecule has 0 radical (unpaired) electrons. The van der Waals surface area contributed by atoms with Crippen LogP contribution in [0.5, 0.6) is 0 Å². The van der Waals surface area contributed by atoms with Crippen molar-refractivity contribution < 1.29 is 9.90 Å². The molecular weight excluding hydrogens is 242 g/mol. The Morgan fingerprint density at radius 1 is 1.26 bits per heavy atom. The molecule has 1 atom stereocenters. The van der Waals surface area contributed by atoms with E-state index in [9.17, 15) is 9.90 Å². The first kappa shape index (κ1) is 13.8. The van der Waals surface area contributed by atoms with Gasteiger partial charge in [-0.2, -0.15) is 0 Å². The molecule has 5 nitrogen and oxygen atoms in total. The molecule has 0 amide bonds. The lowest BCUT2D eigenvalue weighted by molar-refractivity contribution is -0.139. The first-order valence-corrected chi connectivity index (χ1v) is 6.88. The summed E-state index contributed by atoms with van der Waals surface area (Å²) in [6.07, 6.45) is 5.38. The highest BCUT2D eigenvalue weighted by molar-refractivity contribution is 5.77. The summed E-state index contributed by atoms with van der Waals surface area (Å²) < 4.78 is 0. The second-order valence-corrected chi connectivity index (χ2v) is 5.33. The zero-order valence-electron chi connectivity index (χ0n) is 11.5. The van der Waals surface area contributed by atoms with Crippen molar-refractivity contribution in [2.24, 2.45) is 5.92 Å². The molecule has 19 heavy (non-hydrogen) atoms. The van der Waals surface area contributed by atoms with Crippen molar-refractivity contribution in [1.29, 1.82) is 0 Å². The lowest BCUT2D eigenvalue weighted by Gasteiger charge is -2.28. The minimum Gasteiger partial charge on any atom is -0.480 e. The molecule has 0 aromatic carbocycles. The van der Waals surface area contributed by atoms with E-state index in [1.807, 2.05) is 19.9 Å². The molecule has 1 aromatic rings. The molecule has 1 saturated carbocycles. The van der Waals surface area contributed by atoms with Gasteiger partial charge in [-0.3, -0.25) is 0 Å². The molecule has 0 saturated heterocycles. The molecule has 1 aliphatic rings. The van der Waals surface area contributed by atoms with Gasteiger partial charge in [0, 0.05) is 11.4 Å². The average Bonchev–Trinajstić information content (AvgIpc) is 2.35. The second kappa shape index (κ2) is 5.99. The number of rotatable bonds is 4. The zero-order valence-corrected chi connectivity index (χ0v) is 11.5. The van der Waals surface area contributed by atoms with Crippen molar-refractivity contribution in [2.45, 2.75) is 52.0 Å². The van der Waals surface area contributed by atoms with Crippen molar-refractivity contribution in [3.05, 3.63) is 17.5 Å². The number of nitrogens with zero attached hydrogens (tertiary/aromatic N) is 2. The summed E-state index contributed by atoms with van der Waals surface area (Å²) in [7, 11) is 0. The summed E-state index contributed by atoms with van der Waals surface area (Å²) >= 11 is 0. The van der Waals surface area contributed by atoms with E-state index >= 15 is 0 Å². The van der Waals surface area contributed by atoms with Crippen LogP contribution in [0, 0.1) is 19.8 Å². The lowest BCUT2D eigenvalue weighted by Crippen LogP contribution is -2.38. The van der Waals surface area contributed by atoms with Crippen LogP contribution in [0.3, 0.4) is 0 Å². The minimum absolute atomic E-state index is 0.177. The quantitative estimate of drug-likeness (QED) is 0.873. The topological polar surface area (TPSA) is 75.1 Å². The van der Waals surface area contributed by atoms with Gasteiger partial charge in [0.15, 0.2) is 0 Å². The monoisotopic (exact) mass is 263 g/mol. The predicted octanol–water partition coefficient (Wildman–Crippen LogP) is 2.54.